The van der Waals surface area contributed by atoms with Crippen LogP contribution in [0.4, 0.5) is 0 Å². The summed E-state index contributed by atoms with van der Waals surface area (Å²) in [7, 11) is 1.79. The summed E-state index contributed by atoms with van der Waals surface area (Å²) in [4.78, 5) is 4.29. The summed E-state index contributed by atoms with van der Waals surface area (Å²) in [5.41, 5.74) is 2.62. The highest BCUT2D eigenvalue weighted by molar-refractivity contribution is 5.79. The topological polar surface area (TPSA) is 67.1 Å². The molecule has 0 saturated carbocycles. The van der Waals surface area contributed by atoms with E-state index >= 15 is 0 Å². The maximum atomic E-state index is 4.29. The van der Waals surface area contributed by atoms with Gasteiger partial charge in [-0.25, -0.2) is 0 Å². The summed E-state index contributed by atoms with van der Waals surface area (Å²) in [6, 6.07) is 10.1. The van der Waals surface area contributed by atoms with Gasteiger partial charge in [0, 0.05) is 19.3 Å². The Morgan fingerprint density at radius 2 is 2.08 bits per heavy atom. The quantitative estimate of drug-likeness (QED) is 0.483. The number of allylic oxidation sites excluding steroid dienone is 1. The first-order valence-electron chi connectivity index (χ1n) is 8.93. The number of aliphatic imine (C=N–C) groups is 1. The maximum absolute atomic E-state index is 4.29. The molecule has 0 unspecified atom stereocenters. The molecule has 1 aromatic carbocycles. The molecule has 1 aliphatic carbocycles. The van der Waals surface area contributed by atoms with Gasteiger partial charge in [-0.1, -0.05) is 29.8 Å². The van der Waals surface area contributed by atoms with Gasteiger partial charge in [-0.3, -0.25) is 9.56 Å². The van der Waals surface area contributed by atoms with Gasteiger partial charge in [0.25, 0.3) is 0 Å². The molecule has 2 N–H and O–H groups in total. The highest BCUT2D eigenvalue weighted by Gasteiger charge is 2.08. The van der Waals surface area contributed by atoms with Crippen molar-refractivity contribution in [2.24, 2.45) is 4.99 Å². The molecule has 1 aliphatic rings. The Bertz CT molecular complexity index is 717. The monoisotopic (exact) mass is 338 g/mol. The first-order valence-corrected chi connectivity index (χ1v) is 8.93. The maximum Gasteiger partial charge on any atom is 0.191 e. The third-order valence-electron chi connectivity index (χ3n) is 4.41. The third kappa shape index (κ3) is 4.92. The van der Waals surface area contributed by atoms with Gasteiger partial charge < -0.3 is 10.6 Å². The second kappa shape index (κ2) is 9.01. The Morgan fingerprint density at radius 1 is 1.20 bits per heavy atom. The summed E-state index contributed by atoms with van der Waals surface area (Å²) in [5.74, 6) is 1.64. The van der Waals surface area contributed by atoms with Crippen molar-refractivity contribution >= 4 is 5.96 Å². The number of hydrogen-bond acceptors (Lipinski definition) is 3. The van der Waals surface area contributed by atoms with Crippen LogP contribution in [0.3, 0.4) is 0 Å². The average Bonchev–Trinajstić information content (AvgIpc) is 3.14. The lowest BCUT2D eigenvalue weighted by molar-refractivity contribution is 0.664. The van der Waals surface area contributed by atoms with E-state index in [1.165, 1.54) is 25.7 Å². The van der Waals surface area contributed by atoms with Crippen LogP contribution in [0, 0.1) is 0 Å². The normalized spacial score (nSPS) is 14.9. The first-order chi connectivity index (χ1) is 12.4. The summed E-state index contributed by atoms with van der Waals surface area (Å²) >= 11 is 0. The molecule has 25 heavy (non-hydrogen) atoms. The zero-order valence-corrected chi connectivity index (χ0v) is 14.8. The van der Waals surface area contributed by atoms with Crippen LogP contribution >= 0.6 is 0 Å². The Morgan fingerprint density at radius 3 is 2.84 bits per heavy atom. The Labute approximate surface area is 149 Å². The molecule has 3 rings (SSSR count). The van der Waals surface area contributed by atoms with E-state index in [1.807, 2.05) is 34.9 Å². The molecule has 0 fully saturated rings. The number of nitrogens with one attached hydrogen (secondary N) is 2. The second-order valence-corrected chi connectivity index (χ2v) is 6.16. The van der Waals surface area contributed by atoms with E-state index in [1.54, 1.807) is 18.9 Å². The highest BCUT2D eigenvalue weighted by Crippen LogP contribution is 2.19. The fourth-order valence-corrected chi connectivity index (χ4v) is 3.04. The molecular weight excluding hydrogens is 312 g/mol. The lowest BCUT2D eigenvalue weighted by Crippen LogP contribution is -2.38. The van der Waals surface area contributed by atoms with Crippen LogP contribution in [0.1, 0.15) is 37.9 Å². The number of rotatable bonds is 6. The number of benzene rings is 1. The number of para-hydroxylation sites is 1. The average molecular weight is 338 g/mol. The Balaban J connectivity index is 1.50. The fraction of sp³-hybridized carbons (Fsp3) is 0.421. The molecule has 132 valence electrons. The minimum atomic E-state index is 0.567. The smallest absolute Gasteiger partial charge is 0.191 e. The molecule has 6 nitrogen and oxygen atoms in total. The number of aromatic nitrogens is 3. The van der Waals surface area contributed by atoms with Crippen molar-refractivity contribution in [3.05, 3.63) is 54.1 Å². The molecule has 0 radical (unpaired) electrons. The van der Waals surface area contributed by atoms with Crippen LogP contribution < -0.4 is 10.6 Å². The van der Waals surface area contributed by atoms with Gasteiger partial charge in [0.15, 0.2) is 11.8 Å². The van der Waals surface area contributed by atoms with Gasteiger partial charge >= 0.3 is 0 Å². The molecule has 1 heterocycles. The van der Waals surface area contributed by atoms with Crippen LogP contribution in [0.5, 0.6) is 0 Å². The SMILES string of the molecule is CN=C(NCCC1=CCCCC1)NCc1nncn1-c1ccccc1. The summed E-state index contributed by atoms with van der Waals surface area (Å²) in [6.45, 7) is 1.47. The highest BCUT2D eigenvalue weighted by atomic mass is 15.3. The molecule has 6 heteroatoms. The molecule has 1 aromatic heterocycles. The van der Waals surface area contributed by atoms with Crippen molar-refractivity contribution in [2.45, 2.75) is 38.6 Å². The van der Waals surface area contributed by atoms with Gasteiger partial charge in [0.05, 0.1) is 6.54 Å². The zero-order chi connectivity index (χ0) is 17.3. The van der Waals surface area contributed by atoms with Crippen molar-refractivity contribution in [3.63, 3.8) is 0 Å². The van der Waals surface area contributed by atoms with Crippen molar-refractivity contribution in [1.82, 2.24) is 25.4 Å². The minimum Gasteiger partial charge on any atom is -0.356 e. The van der Waals surface area contributed by atoms with Gasteiger partial charge in [-0.15, -0.1) is 10.2 Å². The molecule has 0 amide bonds. The molecule has 0 aliphatic heterocycles. The van der Waals surface area contributed by atoms with E-state index in [0.29, 0.717) is 6.54 Å². The van der Waals surface area contributed by atoms with Crippen LogP contribution in [-0.2, 0) is 6.54 Å². The van der Waals surface area contributed by atoms with Gasteiger partial charge in [-0.05, 0) is 44.2 Å². The van der Waals surface area contributed by atoms with Crippen molar-refractivity contribution in [3.8, 4) is 5.69 Å². The molecular formula is C19H26N6. The number of nitrogens with zero attached hydrogens (tertiary/aromatic N) is 4. The zero-order valence-electron chi connectivity index (χ0n) is 14.8. The van der Waals surface area contributed by atoms with Crippen molar-refractivity contribution < 1.29 is 0 Å². The van der Waals surface area contributed by atoms with E-state index in [9.17, 15) is 0 Å². The molecule has 2 aromatic rings. The molecule has 0 bridgehead atoms. The number of hydrogen-bond donors (Lipinski definition) is 2. The van der Waals surface area contributed by atoms with E-state index in [-0.39, 0.29) is 0 Å². The summed E-state index contributed by atoms with van der Waals surface area (Å²) < 4.78 is 1.98. The van der Waals surface area contributed by atoms with E-state index < -0.39 is 0 Å². The van der Waals surface area contributed by atoms with E-state index in [2.05, 4.69) is 31.9 Å². The standard InChI is InChI=1S/C19H26N6/c1-20-19(21-13-12-16-8-4-2-5-9-16)22-14-18-24-23-15-25(18)17-10-6-3-7-11-17/h3,6-8,10-11,15H,2,4-5,9,12-14H2,1H3,(H2,20,21,22). The van der Waals surface area contributed by atoms with Crippen molar-refractivity contribution in [2.75, 3.05) is 13.6 Å². The van der Waals surface area contributed by atoms with Gasteiger partial charge in [0.1, 0.15) is 6.33 Å². The largest absolute Gasteiger partial charge is 0.356 e. The van der Waals surface area contributed by atoms with E-state index in [4.69, 9.17) is 0 Å². The lowest BCUT2D eigenvalue weighted by Gasteiger charge is -2.15. The third-order valence-corrected chi connectivity index (χ3v) is 4.41. The van der Waals surface area contributed by atoms with Crippen molar-refractivity contribution in [1.29, 1.82) is 0 Å². The second-order valence-electron chi connectivity index (χ2n) is 6.16. The Hall–Kier alpha value is -2.63. The molecule has 0 spiro atoms. The Kier molecular flexibility index (Phi) is 6.20. The minimum absolute atomic E-state index is 0.567. The predicted octanol–water partition coefficient (Wildman–Crippen LogP) is 2.82. The summed E-state index contributed by atoms with van der Waals surface area (Å²) in [5, 5.41) is 14.9. The number of guanidine groups is 1. The molecule has 0 saturated heterocycles. The molecule has 0 atom stereocenters. The van der Waals surface area contributed by atoms with Gasteiger partial charge in [-0.2, -0.15) is 0 Å². The van der Waals surface area contributed by atoms with Gasteiger partial charge in [0.2, 0.25) is 0 Å². The summed E-state index contributed by atoms with van der Waals surface area (Å²) in [6.07, 6.45) is 10.4. The van der Waals surface area contributed by atoms with Crippen LogP contribution in [-0.4, -0.2) is 34.3 Å². The predicted molar refractivity (Wildman–Crippen MR) is 101 cm³/mol. The van der Waals surface area contributed by atoms with Crippen LogP contribution in [0.25, 0.3) is 5.69 Å². The fourth-order valence-electron chi connectivity index (χ4n) is 3.04. The van der Waals surface area contributed by atoms with E-state index in [0.717, 1.165) is 30.4 Å². The lowest BCUT2D eigenvalue weighted by atomic mass is 9.97. The first kappa shape index (κ1) is 17.2. The van der Waals surface area contributed by atoms with Crippen LogP contribution in [0.15, 0.2) is 53.3 Å². The van der Waals surface area contributed by atoms with Crippen LogP contribution in [0.2, 0.25) is 0 Å².